The zero-order valence-corrected chi connectivity index (χ0v) is 16.4. The molecular formula is C19H27N5OS. The summed E-state index contributed by atoms with van der Waals surface area (Å²) >= 11 is 5.55. The first-order chi connectivity index (χ1) is 12.6. The molecule has 140 valence electrons. The van der Waals surface area contributed by atoms with Crippen molar-refractivity contribution in [2.24, 2.45) is 7.05 Å². The summed E-state index contributed by atoms with van der Waals surface area (Å²) < 4.78 is 10.2. The van der Waals surface area contributed by atoms with Gasteiger partial charge >= 0.3 is 0 Å². The Bertz CT molecular complexity index is 802. The van der Waals surface area contributed by atoms with Gasteiger partial charge in [0.15, 0.2) is 4.77 Å². The van der Waals surface area contributed by atoms with E-state index in [4.69, 9.17) is 22.1 Å². The van der Waals surface area contributed by atoms with E-state index in [0.29, 0.717) is 12.6 Å². The maximum atomic E-state index is 5.55. The first-order valence-electron chi connectivity index (χ1n) is 9.36. The van der Waals surface area contributed by atoms with Gasteiger partial charge in [0.25, 0.3) is 0 Å². The molecule has 1 saturated carbocycles. The van der Waals surface area contributed by atoms with Gasteiger partial charge in [-0.15, -0.1) is 0 Å². The molecule has 2 aliphatic rings. The average molecular weight is 374 g/mol. The Kier molecular flexibility index (Phi) is 5.11. The Morgan fingerprint density at radius 1 is 1.19 bits per heavy atom. The molecule has 1 aliphatic carbocycles. The second kappa shape index (κ2) is 7.50. The molecule has 0 atom stereocenters. The minimum absolute atomic E-state index is 0.612. The van der Waals surface area contributed by atoms with Crippen LogP contribution in [0.3, 0.4) is 0 Å². The fourth-order valence-electron chi connectivity index (χ4n) is 3.52. The minimum atomic E-state index is 0.612. The van der Waals surface area contributed by atoms with E-state index in [0.717, 1.165) is 43.4 Å². The molecule has 2 aromatic rings. The molecule has 0 bridgehead atoms. The van der Waals surface area contributed by atoms with Gasteiger partial charge in [0, 0.05) is 38.3 Å². The molecular weight excluding hydrogens is 346 g/mol. The molecule has 2 fully saturated rings. The van der Waals surface area contributed by atoms with Crippen LogP contribution in [0.1, 0.15) is 30.1 Å². The molecule has 7 heteroatoms. The molecule has 4 rings (SSSR count). The van der Waals surface area contributed by atoms with Crippen molar-refractivity contribution in [2.75, 3.05) is 38.3 Å². The van der Waals surface area contributed by atoms with Crippen molar-refractivity contribution >= 4 is 17.9 Å². The third-order valence-electron chi connectivity index (χ3n) is 5.16. The first-order valence-corrected chi connectivity index (χ1v) is 9.76. The van der Waals surface area contributed by atoms with Crippen LogP contribution in [-0.4, -0.2) is 52.6 Å². The van der Waals surface area contributed by atoms with Gasteiger partial charge in [-0.05, 0) is 49.8 Å². The molecule has 0 spiro atoms. The largest absolute Gasteiger partial charge is 0.378 e. The summed E-state index contributed by atoms with van der Waals surface area (Å²) in [6.45, 7) is 5.17. The standard InChI is InChI=1S/C19H27N5OS/c1-21(14-24-19(26)22(2)18(20-24)16-5-6-16)13-15-3-7-17(8-4-15)23-9-11-25-12-10-23/h3-4,7-8,16H,5-6,9-14H2,1-2H3. The number of rotatable bonds is 6. The van der Waals surface area contributed by atoms with Crippen molar-refractivity contribution in [1.29, 1.82) is 0 Å². The molecule has 1 aromatic heterocycles. The predicted octanol–water partition coefficient (Wildman–Crippen LogP) is 2.75. The summed E-state index contributed by atoms with van der Waals surface area (Å²) in [6, 6.07) is 8.86. The quantitative estimate of drug-likeness (QED) is 0.728. The van der Waals surface area contributed by atoms with Gasteiger partial charge in [0.05, 0.1) is 19.9 Å². The molecule has 1 aromatic carbocycles. The van der Waals surface area contributed by atoms with Gasteiger partial charge in [-0.2, -0.15) is 5.10 Å². The van der Waals surface area contributed by atoms with Gasteiger partial charge in [-0.1, -0.05) is 12.1 Å². The first kappa shape index (κ1) is 17.7. The van der Waals surface area contributed by atoms with Crippen LogP contribution in [0.4, 0.5) is 5.69 Å². The molecule has 2 heterocycles. The Morgan fingerprint density at radius 2 is 1.88 bits per heavy atom. The van der Waals surface area contributed by atoms with Crippen molar-refractivity contribution in [2.45, 2.75) is 32.0 Å². The van der Waals surface area contributed by atoms with E-state index in [2.05, 4.69) is 45.7 Å². The summed E-state index contributed by atoms with van der Waals surface area (Å²) in [6.07, 6.45) is 2.48. The maximum absolute atomic E-state index is 5.55. The second-order valence-electron chi connectivity index (χ2n) is 7.40. The highest BCUT2D eigenvalue weighted by molar-refractivity contribution is 7.71. The fourth-order valence-corrected chi connectivity index (χ4v) is 3.71. The lowest BCUT2D eigenvalue weighted by Crippen LogP contribution is -2.36. The van der Waals surface area contributed by atoms with Gasteiger partial charge in [0.1, 0.15) is 5.82 Å². The normalized spacial score (nSPS) is 17.9. The smallest absolute Gasteiger partial charge is 0.198 e. The third kappa shape index (κ3) is 3.84. The topological polar surface area (TPSA) is 38.5 Å². The van der Waals surface area contributed by atoms with Crippen LogP contribution < -0.4 is 4.90 Å². The van der Waals surface area contributed by atoms with Crippen LogP contribution in [0, 0.1) is 4.77 Å². The zero-order valence-electron chi connectivity index (χ0n) is 15.6. The van der Waals surface area contributed by atoms with E-state index in [1.807, 2.05) is 11.7 Å². The lowest BCUT2D eigenvalue weighted by Gasteiger charge is -2.29. The highest BCUT2D eigenvalue weighted by Gasteiger charge is 2.29. The van der Waals surface area contributed by atoms with Crippen molar-refractivity contribution in [3.8, 4) is 0 Å². The van der Waals surface area contributed by atoms with E-state index in [9.17, 15) is 0 Å². The van der Waals surface area contributed by atoms with Gasteiger partial charge < -0.3 is 14.2 Å². The van der Waals surface area contributed by atoms with Crippen LogP contribution in [-0.2, 0) is 25.0 Å². The van der Waals surface area contributed by atoms with Gasteiger partial charge in [0.2, 0.25) is 0 Å². The molecule has 0 N–H and O–H groups in total. The number of aromatic nitrogens is 3. The van der Waals surface area contributed by atoms with Crippen molar-refractivity contribution < 1.29 is 4.74 Å². The van der Waals surface area contributed by atoms with Crippen molar-refractivity contribution in [1.82, 2.24) is 19.2 Å². The summed E-state index contributed by atoms with van der Waals surface area (Å²) in [4.78, 5) is 4.63. The van der Waals surface area contributed by atoms with E-state index >= 15 is 0 Å². The summed E-state index contributed by atoms with van der Waals surface area (Å²) in [5.74, 6) is 1.75. The Hall–Kier alpha value is -1.70. The van der Waals surface area contributed by atoms with Crippen LogP contribution in [0.25, 0.3) is 0 Å². The molecule has 0 unspecified atom stereocenters. The second-order valence-corrected chi connectivity index (χ2v) is 7.76. The van der Waals surface area contributed by atoms with E-state index in [1.165, 1.54) is 24.1 Å². The minimum Gasteiger partial charge on any atom is -0.378 e. The van der Waals surface area contributed by atoms with E-state index < -0.39 is 0 Å². The molecule has 1 aliphatic heterocycles. The monoisotopic (exact) mass is 373 g/mol. The van der Waals surface area contributed by atoms with E-state index in [1.54, 1.807) is 0 Å². The van der Waals surface area contributed by atoms with Crippen LogP contribution >= 0.6 is 12.2 Å². The highest BCUT2D eigenvalue weighted by Crippen LogP contribution is 2.38. The SMILES string of the molecule is CN(Cc1ccc(N2CCOCC2)cc1)Cn1nc(C2CC2)n(C)c1=S. The summed E-state index contributed by atoms with van der Waals surface area (Å²) in [5, 5.41) is 4.74. The number of hydrogen-bond donors (Lipinski definition) is 0. The number of benzene rings is 1. The number of morpholine rings is 1. The molecule has 0 radical (unpaired) electrons. The number of ether oxygens (including phenoxy) is 1. The Balaban J connectivity index is 1.38. The Morgan fingerprint density at radius 3 is 2.54 bits per heavy atom. The maximum Gasteiger partial charge on any atom is 0.198 e. The number of nitrogens with zero attached hydrogens (tertiary/aromatic N) is 5. The van der Waals surface area contributed by atoms with Crippen LogP contribution in [0.2, 0.25) is 0 Å². The Labute approximate surface area is 160 Å². The molecule has 0 amide bonds. The molecule has 26 heavy (non-hydrogen) atoms. The van der Waals surface area contributed by atoms with E-state index in [-0.39, 0.29) is 0 Å². The number of hydrogen-bond acceptors (Lipinski definition) is 5. The highest BCUT2D eigenvalue weighted by atomic mass is 32.1. The number of anilines is 1. The predicted molar refractivity (Wildman–Crippen MR) is 105 cm³/mol. The third-order valence-corrected chi connectivity index (χ3v) is 5.64. The fraction of sp³-hybridized carbons (Fsp3) is 0.579. The summed E-state index contributed by atoms with van der Waals surface area (Å²) in [7, 11) is 4.15. The average Bonchev–Trinajstić information content (AvgIpc) is 3.46. The molecule has 1 saturated heterocycles. The lowest BCUT2D eigenvalue weighted by atomic mass is 10.2. The summed E-state index contributed by atoms with van der Waals surface area (Å²) in [5.41, 5.74) is 2.58. The van der Waals surface area contributed by atoms with Crippen LogP contribution in [0.15, 0.2) is 24.3 Å². The zero-order chi connectivity index (χ0) is 18.1. The van der Waals surface area contributed by atoms with Gasteiger partial charge in [-0.3, -0.25) is 4.90 Å². The van der Waals surface area contributed by atoms with Crippen molar-refractivity contribution in [3.05, 3.63) is 40.4 Å². The molecule has 6 nitrogen and oxygen atoms in total. The lowest BCUT2D eigenvalue weighted by molar-refractivity contribution is 0.122. The van der Waals surface area contributed by atoms with Crippen molar-refractivity contribution in [3.63, 3.8) is 0 Å². The van der Waals surface area contributed by atoms with Crippen LogP contribution in [0.5, 0.6) is 0 Å². The van der Waals surface area contributed by atoms with Gasteiger partial charge in [-0.25, -0.2) is 4.68 Å².